The van der Waals surface area contributed by atoms with E-state index in [0.29, 0.717) is 15.8 Å². The first-order valence-corrected chi connectivity index (χ1v) is 8.25. The number of hydrogen-bond donors (Lipinski definition) is 3. The third kappa shape index (κ3) is 4.06. The average molecular weight is 416 g/mol. The van der Waals surface area contributed by atoms with Crippen LogP contribution >= 0.6 is 15.9 Å². The van der Waals surface area contributed by atoms with E-state index < -0.39 is 5.56 Å². The number of H-pyrrole nitrogens is 1. The molecule has 9 heteroatoms. The molecule has 0 aliphatic rings. The fourth-order valence-corrected chi connectivity index (χ4v) is 2.49. The van der Waals surface area contributed by atoms with E-state index in [-0.39, 0.29) is 17.4 Å². The number of methoxy groups -OCH3 is 1. The predicted octanol–water partition coefficient (Wildman–Crippen LogP) is 2.75. The molecule has 0 amide bonds. The zero-order chi connectivity index (χ0) is 18.5. The fraction of sp³-hybridized carbons (Fsp3) is 0.0588. The lowest BCUT2D eigenvalue weighted by molar-refractivity contribution is 0.415. The van der Waals surface area contributed by atoms with Crippen molar-refractivity contribution in [1.29, 1.82) is 0 Å². The van der Waals surface area contributed by atoms with Crippen LogP contribution in [0.2, 0.25) is 0 Å². The van der Waals surface area contributed by atoms with Gasteiger partial charge in [0.2, 0.25) is 5.95 Å². The molecule has 1 heterocycles. The van der Waals surface area contributed by atoms with Crippen molar-refractivity contribution in [3.8, 4) is 22.8 Å². The Morgan fingerprint density at radius 3 is 2.65 bits per heavy atom. The maximum atomic E-state index is 12.2. The van der Waals surface area contributed by atoms with E-state index >= 15 is 0 Å². The van der Waals surface area contributed by atoms with Crippen LogP contribution in [0.3, 0.4) is 0 Å². The van der Waals surface area contributed by atoms with Gasteiger partial charge in [-0.2, -0.15) is 5.10 Å². The van der Waals surface area contributed by atoms with Crippen molar-refractivity contribution >= 4 is 28.1 Å². The summed E-state index contributed by atoms with van der Waals surface area (Å²) in [5, 5.41) is 21.3. The number of rotatable bonds is 5. The lowest BCUT2D eigenvalue weighted by Crippen LogP contribution is -2.15. The quantitative estimate of drug-likeness (QED) is 0.436. The molecule has 3 N–H and O–H groups in total. The highest BCUT2D eigenvalue weighted by Crippen LogP contribution is 2.23. The number of phenolic OH excluding ortho intramolecular Hbond substituents is 1. The largest absolute Gasteiger partial charge is 0.507 e. The topological polar surface area (TPSA) is 112 Å². The van der Waals surface area contributed by atoms with Crippen molar-refractivity contribution in [2.24, 2.45) is 5.10 Å². The summed E-state index contributed by atoms with van der Waals surface area (Å²) in [5.74, 6) is 0.937. The molecule has 2 aromatic carbocycles. The monoisotopic (exact) mass is 415 g/mol. The van der Waals surface area contributed by atoms with Gasteiger partial charge >= 0.3 is 0 Å². The van der Waals surface area contributed by atoms with Gasteiger partial charge in [-0.3, -0.25) is 9.78 Å². The third-order valence-corrected chi connectivity index (χ3v) is 4.05. The van der Waals surface area contributed by atoms with E-state index in [1.165, 1.54) is 12.3 Å². The Morgan fingerprint density at radius 1 is 1.23 bits per heavy atom. The summed E-state index contributed by atoms with van der Waals surface area (Å²) in [6.45, 7) is 0. The molecular weight excluding hydrogens is 402 g/mol. The number of anilines is 1. The minimum atomic E-state index is -0.393. The van der Waals surface area contributed by atoms with E-state index in [9.17, 15) is 9.90 Å². The molecule has 8 nitrogen and oxygen atoms in total. The van der Waals surface area contributed by atoms with Gasteiger partial charge in [-0.05, 0) is 64.0 Å². The van der Waals surface area contributed by atoms with Crippen molar-refractivity contribution in [1.82, 2.24) is 15.2 Å². The van der Waals surface area contributed by atoms with E-state index in [0.717, 1.165) is 5.56 Å². The van der Waals surface area contributed by atoms with Crippen LogP contribution in [0.25, 0.3) is 11.3 Å². The van der Waals surface area contributed by atoms with Crippen molar-refractivity contribution in [3.05, 3.63) is 62.9 Å². The molecule has 0 fully saturated rings. The number of aromatic hydroxyl groups is 1. The Hall–Kier alpha value is -3.20. The van der Waals surface area contributed by atoms with Gasteiger partial charge in [0, 0.05) is 5.56 Å². The minimum absolute atomic E-state index is 0.112. The number of nitrogens with zero attached hydrogens (tertiary/aromatic N) is 3. The Labute approximate surface area is 156 Å². The van der Waals surface area contributed by atoms with E-state index in [1.54, 1.807) is 43.5 Å². The molecule has 0 bridgehead atoms. The highest BCUT2D eigenvalue weighted by atomic mass is 79.9. The Balaban J connectivity index is 1.73. The molecular formula is C17H14BrN5O3. The molecule has 0 aliphatic carbocycles. The number of hydrazone groups is 1. The molecule has 1 aromatic heterocycles. The first-order valence-electron chi connectivity index (χ1n) is 7.46. The van der Waals surface area contributed by atoms with Gasteiger partial charge in [0.25, 0.3) is 5.56 Å². The Bertz CT molecular complexity index is 1000. The van der Waals surface area contributed by atoms with Crippen LogP contribution in [0.15, 0.2) is 56.8 Å². The normalized spacial score (nSPS) is 10.8. The molecule has 0 saturated carbocycles. The van der Waals surface area contributed by atoms with Gasteiger partial charge in [0.15, 0.2) is 5.69 Å². The highest BCUT2D eigenvalue weighted by Gasteiger charge is 2.07. The second kappa shape index (κ2) is 7.79. The van der Waals surface area contributed by atoms with Crippen molar-refractivity contribution in [2.45, 2.75) is 0 Å². The lowest BCUT2D eigenvalue weighted by Gasteiger charge is -2.03. The molecule has 0 unspecified atom stereocenters. The first kappa shape index (κ1) is 17.6. The standard InChI is InChI=1S/C17H14BrN5O3/c1-26-12-5-3-11(4-6-12)15-16(25)20-17(23-21-15)22-19-9-10-2-7-14(24)13(18)8-10/h2-9,24H,1H3,(H2,20,22,23,25)/b19-9+. The number of phenols is 1. The molecule has 132 valence electrons. The Kier molecular flexibility index (Phi) is 5.28. The van der Waals surface area contributed by atoms with Crippen LogP contribution in [0.1, 0.15) is 5.56 Å². The van der Waals surface area contributed by atoms with Crippen LogP contribution in [-0.2, 0) is 0 Å². The summed E-state index contributed by atoms with van der Waals surface area (Å²) < 4.78 is 5.64. The number of aromatic nitrogens is 3. The van der Waals surface area contributed by atoms with Crippen molar-refractivity contribution in [3.63, 3.8) is 0 Å². The molecule has 0 spiro atoms. The van der Waals surface area contributed by atoms with Crippen molar-refractivity contribution in [2.75, 3.05) is 12.5 Å². The molecule has 0 atom stereocenters. The minimum Gasteiger partial charge on any atom is -0.507 e. The number of benzene rings is 2. The zero-order valence-electron chi connectivity index (χ0n) is 13.6. The van der Waals surface area contributed by atoms with Gasteiger partial charge in [-0.1, -0.05) is 0 Å². The van der Waals surface area contributed by atoms with Crippen LogP contribution in [0, 0.1) is 0 Å². The molecule has 3 rings (SSSR count). The third-order valence-electron chi connectivity index (χ3n) is 3.42. The second-order valence-corrected chi connectivity index (χ2v) is 6.02. The smallest absolute Gasteiger partial charge is 0.279 e. The molecule has 0 radical (unpaired) electrons. The predicted molar refractivity (Wildman–Crippen MR) is 102 cm³/mol. The summed E-state index contributed by atoms with van der Waals surface area (Å²) in [6, 6.07) is 11.9. The van der Waals surface area contributed by atoms with E-state index in [2.05, 4.69) is 41.6 Å². The van der Waals surface area contributed by atoms with E-state index in [1.807, 2.05) is 0 Å². The maximum Gasteiger partial charge on any atom is 0.279 e. The second-order valence-electron chi connectivity index (χ2n) is 5.16. The lowest BCUT2D eigenvalue weighted by atomic mass is 10.1. The maximum absolute atomic E-state index is 12.2. The van der Waals surface area contributed by atoms with Crippen LogP contribution in [0.5, 0.6) is 11.5 Å². The first-order chi connectivity index (χ1) is 12.6. The number of halogens is 1. The number of aromatic amines is 1. The van der Waals surface area contributed by atoms with Gasteiger partial charge in [-0.25, -0.2) is 5.43 Å². The van der Waals surface area contributed by atoms with E-state index in [4.69, 9.17) is 4.74 Å². The number of nitrogens with one attached hydrogen (secondary N) is 2. The molecule has 0 aliphatic heterocycles. The Morgan fingerprint density at radius 2 is 2.00 bits per heavy atom. The van der Waals surface area contributed by atoms with Crippen molar-refractivity contribution < 1.29 is 9.84 Å². The van der Waals surface area contributed by atoms with Crippen LogP contribution in [0.4, 0.5) is 5.95 Å². The summed E-state index contributed by atoms with van der Waals surface area (Å²) in [4.78, 5) is 14.8. The van der Waals surface area contributed by atoms with Crippen LogP contribution in [-0.4, -0.2) is 33.6 Å². The summed E-state index contributed by atoms with van der Waals surface area (Å²) >= 11 is 3.22. The van der Waals surface area contributed by atoms with Gasteiger partial charge < -0.3 is 9.84 Å². The fourth-order valence-electron chi connectivity index (χ4n) is 2.10. The van der Waals surface area contributed by atoms with Crippen LogP contribution < -0.4 is 15.7 Å². The average Bonchev–Trinajstić information content (AvgIpc) is 2.65. The zero-order valence-corrected chi connectivity index (χ0v) is 15.2. The molecule has 3 aromatic rings. The number of hydrogen-bond acceptors (Lipinski definition) is 7. The number of ether oxygens (including phenoxy) is 1. The summed E-state index contributed by atoms with van der Waals surface area (Å²) in [6.07, 6.45) is 1.52. The molecule has 0 saturated heterocycles. The van der Waals surface area contributed by atoms with Gasteiger partial charge in [0.05, 0.1) is 17.8 Å². The summed E-state index contributed by atoms with van der Waals surface area (Å²) in [5.41, 5.74) is 3.78. The highest BCUT2D eigenvalue weighted by molar-refractivity contribution is 9.10. The van der Waals surface area contributed by atoms with Gasteiger partial charge in [-0.15, -0.1) is 10.2 Å². The van der Waals surface area contributed by atoms with Gasteiger partial charge in [0.1, 0.15) is 11.5 Å². The SMILES string of the molecule is COc1ccc(-c2nnc(N/N=C/c3ccc(O)c(Br)c3)[nH]c2=O)cc1. The summed E-state index contributed by atoms with van der Waals surface area (Å²) in [7, 11) is 1.57. The molecule has 26 heavy (non-hydrogen) atoms.